The van der Waals surface area contributed by atoms with Gasteiger partial charge in [0.1, 0.15) is 35.5 Å². The lowest BCUT2D eigenvalue weighted by Gasteiger charge is -2.38. The molecule has 0 aliphatic carbocycles. The van der Waals surface area contributed by atoms with E-state index < -0.39 is 29.5 Å². The zero-order valence-corrected chi connectivity index (χ0v) is 28.2. The van der Waals surface area contributed by atoms with Crippen molar-refractivity contribution in [3.8, 4) is 17.0 Å². The number of likely N-dealkylation sites (tertiary alicyclic amines) is 1. The Morgan fingerprint density at radius 1 is 0.896 bits per heavy atom. The molecule has 0 spiro atoms. The Bertz CT molecular complexity index is 1550. The third-order valence-corrected chi connectivity index (χ3v) is 7.02. The molecule has 2 fully saturated rings. The lowest BCUT2D eigenvalue weighted by molar-refractivity contribution is 0.00868. The van der Waals surface area contributed by atoms with Crippen molar-refractivity contribution in [3.05, 3.63) is 60.4 Å². The van der Waals surface area contributed by atoms with E-state index in [9.17, 15) is 14.4 Å². The number of nitrogens with zero attached hydrogens (tertiary/aromatic N) is 6. The molecule has 1 aromatic carbocycles. The van der Waals surface area contributed by atoms with Gasteiger partial charge in [0, 0.05) is 43.2 Å². The second kappa shape index (κ2) is 14.4. The standard InChI is InChI=1S/C34H42N6O8/c1-33(2,3)47-31(42)40(32(43)48-34(4,5)6)29-35-18-24(19-36-29)27-16-25(17-28(37-27)38-12-14-44-15-13-38)46-26-20-39(21-26)30(41)45-22-23-10-8-7-9-11-23/h7-11,16-19,26H,12-15,20-22H2,1-6H3. The molecule has 0 N–H and O–H groups in total. The van der Waals surface area contributed by atoms with Crippen LogP contribution < -0.4 is 14.5 Å². The smallest absolute Gasteiger partial charge is 0.427 e. The molecule has 48 heavy (non-hydrogen) atoms. The quantitative estimate of drug-likeness (QED) is 0.297. The Morgan fingerprint density at radius 2 is 1.50 bits per heavy atom. The van der Waals surface area contributed by atoms with E-state index >= 15 is 0 Å². The van der Waals surface area contributed by atoms with Crippen LogP contribution in [0.1, 0.15) is 47.1 Å². The average molecular weight is 663 g/mol. The van der Waals surface area contributed by atoms with Crippen molar-refractivity contribution >= 4 is 30.0 Å². The van der Waals surface area contributed by atoms with Gasteiger partial charge in [-0.15, -0.1) is 4.90 Å². The van der Waals surface area contributed by atoms with Crippen molar-refractivity contribution in [1.29, 1.82) is 0 Å². The molecule has 5 rings (SSSR count). The molecule has 0 unspecified atom stereocenters. The minimum atomic E-state index is -0.967. The number of benzene rings is 1. The topological polar surface area (TPSA) is 146 Å². The van der Waals surface area contributed by atoms with E-state index in [0.717, 1.165) is 5.56 Å². The summed E-state index contributed by atoms with van der Waals surface area (Å²) in [4.78, 5) is 56.5. The number of aromatic nitrogens is 3. The SMILES string of the molecule is CC(C)(C)OC(=O)N(C(=O)OC(C)(C)C)c1ncc(-c2cc(OC3CN(C(=O)OCc4ccccc4)C3)cc(N3CCOCC3)n2)cn1. The Kier molecular flexibility index (Phi) is 10.3. The predicted molar refractivity (Wildman–Crippen MR) is 176 cm³/mol. The van der Waals surface area contributed by atoms with Crippen LogP contribution in [0.15, 0.2) is 54.9 Å². The molecule has 0 atom stereocenters. The van der Waals surface area contributed by atoms with Gasteiger partial charge in [-0.3, -0.25) is 0 Å². The van der Waals surface area contributed by atoms with E-state index in [2.05, 4.69) is 14.9 Å². The summed E-state index contributed by atoms with van der Waals surface area (Å²) in [5.41, 5.74) is 0.194. The molecule has 2 aliphatic rings. The third-order valence-electron chi connectivity index (χ3n) is 7.02. The van der Waals surface area contributed by atoms with Gasteiger partial charge in [0.05, 0.1) is 32.0 Å². The molecule has 3 amide bonds. The Labute approximate surface area is 279 Å². The van der Waals surface area contributed by atoms with Gasteiger partial charge in [-0.05, 0) is 47.1 Å². The van der Waals surface area contributed by atoms with Gasteiger partial charge < -0.3 is 33.5 Å². The number of morpholine rings is 1. The summed E-state index contributed by atoms with van der Waals surface area (Å²) in [6.45, 7) is 13.5. The summed E-state index contributed by atoms with van der Waals surface area (Å²) in [6.07, 6.45) is 0.363. The number of rotatable bonds is 7. The highest BCUT2D eigenvalue weighted by Crippen LogP contribution is 2.30. The van der Waals surface area contributed by atoms with E-state index in [4.69, 9.17) is 28.7 Å². The van der Waals surface area contributed by atoms with E-state index in [0.29, 0.717) is 67.1 Å². The largest absolute Gasteiger partial charge is 0.486 e. The van der Waals surface area contributed by atoms with Crippen molar-refractivity contribution in [2.45, 2.75) is 65.5 Å². The monoisotopic (exact) mass is 662 g/mol. The minimum absolute atomic E-state index is 0.201. The van der Waals surface area contributed by atoms with E-state index in [1.807, 2.05) is 36.4 Å². The molecule has 0 radical (unpaired) electrons. The summed E-state index contributed by atoms with van der Waals surface area (Å²) in [7, 11) is 0. The lowest BCUT2D eigenvalue weighted by atomic mass is 10.1. The number of pyridine rings is 1. The summed E-state index contributed by atoms with van der Waals surface area (Å²) >= 11 is 0. The Hall–Kier alpha value is -4.98. The first kappa shape index (κ1) is 34.4. The van der Waals surface area contributed by atoms with Crippen molar-refractivity contribution in [3.63, 3.8) is 0 Å². The maximum absolute atomic E-state index is 13.1. The average Bonchev–Trinajstić information content (AvgIpc) is 3.01. The van der Waals surface area contributed by atoms with Crippen molar-refractivity contribution in [2.24, 2.45) is 0 Å². The lowest BCUT2D eigenvalue weighted by Crippen LogP contribution is -2.56. The first-order valence-electron chi connectivity index (χ1n) is 15.8. The van der Waals surface area contributed by atoms with Crippen LogP contribution in [-0.2, 0) is 25.6 Å². The molecular formula is C34H42N6O8. The summed E-state index contributed by atoms with van der Waals surface area (Å²) in [5, 5.41) is 0. The highest BCUT2D eigenvalue weighted by atomic mass is 16.6. The van der Waals surface area contributed by atoms with Gasteiger partial charge in [0.2, 0.25) is 5.95 Å². The van der Waals surface area contributed by atoms with Crippen LogP contribution in [0.2, 0.25) is 0 Å². The minimum Gasteiger partial charge on any atom is -0.486 e. The first-order valence-corrected chi connectivity index (χ1v) is 15.8. The molecule has 14 nitrogen and oxygen atoms in total. The van der Waals surface area contributed by atoms with E-state index in [1.54, 1.807) is 52.5 Å². The Morgan fingerprint density at radius 3 is 2.08 bits per heavy atom. The van der Waals surface area contributed by atoms with E-state index in [1.165, 1.54) is 12.4 Å². The van der Waals surface area contributed by atoms with Crippen LogP contribution in [0, 0.1) is 0 Å². The third kappa shape index (κ3) is 9.31. The number of hydrogen-bond acceptors (Lipinski definition) is 12. The Balaban J connectivity index is 1.33. The predicted octanol–water partition coefficient (Wildman–Crippen LogP) is 5.45. The van der Waals surface area contributed by atoms with Crippen LogP contribution in [0.4, 0.5) is 26.1 Å². The number of hydrogen-bond donors (Lipinski definition) is 0. The number of amides is 3. The maximum atomic E-state index is 13.1. The number of imide groups is 1. The van der Waals surface area contributed by atoms with Crippen LogP contribution in [0.5, 0.6) is 5.75 Å². The molecule has 3 aromatic rings. The van der Waals surface area contributed by atoms with Crippen molar-refractivity contribution in [2.75, 3.05) is 49.2 Å². The highest BCUT2D eigenvalue weighted by Gasteiger charge is 2.35. The van der Waals surface area contributed by atoms with Crippen LogP contribution in [0.3, 0.4) is 0 Å². The second-order valence-corrected chi connectivity index (χ2v) is 13.4. The molecule has 14 heteroatoms. The fourth-order valence-corrected chi connectivity index (χ4v) is 4.75. The fourth-order valence-electron chi connectivity index (χ4n) is 4.75. The first-order chi connectivity index (χ1) is 22.7. The number of ether oxygens (including phenoxy) is 5. The highest BCUT2D eigenvalue weighted by molar-refractivity contribution is 6.08. The molecule has 0 saturated carbocycles. The van der Waals surface area contributed by atoms with Gasteiger partial charge in [-0.1, -0.05) is 30.3 Å². The second-order valence-electron chi connectivity index (χ2n) is 13.4. The number of anilines is 2. The maximum Gasteiger partial charge on any atom is 0.427 e. The summed E-state index contributed by atoms with van der Waals surface area (Å²) in [6, 6.07) is 13.1. The zero-order chi connectivity index (χ0) is 34.5. The molecular weight excluding hydrogens is 620 g/mol. The van der Waals surface area contributed by atoms with Crippen molar-refractivity contribution in [1.82, 2.24) is 19.9 Å². The van der Waals surface area contributed by atoms with Gasteiger partial charge >= 0.3 is 18.3 Å². The van der Waals surface area contributed by atoms with Crippen molar-refractivity contribution < 1.29 is 38.1 Å². The van der Waals surface area contributed by atoms with Gasteiger partial charge in [0.15, 0.2) is 0 Å². The normalized spacial score (nSPS) is 15.3. The van der Waals surface area contributed by atoms with Crippen LogP contribution >= 0.6 is 0 Å². The number of carbonyl (C=O) groups is 3. The van der Waals surface area contributed by atoms with Gasteiger partial charge in [-0.2, -0.15) is 0 Å². The molecule has 256 valence electrons. The van der Waals surface area contributed by atoms with Crippen LogP contribution in [-0.4, -0.2) is 94.8 Å². The fraction of sp³-hybridized carbons (Fsp3) is 0.471. The molecule has 2 aliphatic heterocycles. The summed E-state index contributed by atoms with van der Waals surface area (Å²) in [5.74, 6) is 1.02. The molecule has 2 saturated heterocycles. The molecule has 4 heterocycles. The zero-order valence-electron chi connectivity index (χ0n) is 28.2. The summed E-state index contributed by atoms with van der Waals surface area (Å²) < 4.78 is 28.1. The molecule has 0 bridgehead atoms. The van der Waals surface area contributed by atoms with Gasteiger partial charge in [-0.25, -0.2) is 29.3 Å². The molecule has 2 aromatic heterocycles. The van der Waals surface area contributed by atoms with Gasteiger partial charge in [0.25, 0.3) is 0 Å². The number of carbonyl (C=O) groups excluding carboxylic acids is 3. The van der Waals surface area contributed by atoms with E-state index in [-0.39, 0.29) is 18.7 Å². The van der Waals surface area contributed by atoms with Crippen LogP contribution in [0.25, 0.3) is 11.3 Å².